The molecule has 3 aliphatic heterocycles. The molecule has 4 amide bonds. The number of hydrogen-bond donors (Lipinski definition) is 5. The number of pyridine rings is 1. The van der Waals surface area contributed by atoms with E-state index < -0.39 is 6.10 Å². The summed E-state index contributed by atoms with van der Waals surface area (Å²) in [6.45, 7) is 16.6. The number of likely N-dealkylation sites (tertiary alicyclic amines) is 1. The van der Waals surface area contributed by atoms with E-state index in [1.54, 1.807) is 4.90 Å². The number of hydrogen-bond acceptors (Lipinski definition) is 11. The highest BCUT2D eigenvalue weighted by Crippen LogP contribution is 2.34. The zero-order chi connectivity index (χ0) is 47.0. The molecule has 360 valence electrons. The number of nitrogens with one attached hydrogen (secondary N) is 4. The van der Waals surface area contributed by atoms with E-state index in [4.69, 9.17) is 9.47 Å². The lowest BCUT2D eigenvalue weighted by Gasteiger charge is -2.37. The zero-order valence-corrected chi connectivity index (χ0v) is 39.6. The average molecular weight is 913 g/mol. The van der Waals surface area contributed by atoms with Crippen LogP contribution < -0.4 is 26.4 Å². The fourth-order valence-corrected chi connectivity index (χ4v) is 9.19. The Kier molecular flexibility index (Phi) is 19.1. The van der Waals surface area contributed by atoms with E-state index in [0.717, 1.165) is 125 Å². The molecule has 2 aromatic carbocycles. The van der Waals surface area contributed by atoms with E-state index in [1.807, 2.05) is 32.9 Å². The van der Waals surface area contributed by atoms with Crippen LogP contribution in [0.3, 0.4) is 0 Å². The number of nitrogens with zero attached hydrogens (tertiary/aromatic N) is 4. The van der Waals surface area contributed by atoms with Crippen LogP contribution in [0.4, 0.5) is 5.69 Å². The first-order valence-corrected chi connectivity index (χ1v) is 24.0. The third kappa shape index (κ3) is 14.7. The molecule has 0 radical (unpaired) electrons. The molecule has 6 rings (SSSR count). The number of benzene rings is 2. The molecule has 3 aliphatic rings. The second kappa shape index (κ2) is 25.1. The number of aryl methyl sites for hydroxylation is 2. The van der Waals surface area contributed by atoms with Crippen LogP contribution in [0.25, 0.3) is 11.1 Å². The molecule has 0 aliphatic carbocycles. The molecule has 16 nitrogen and oxygen atoms in total. The Labute approximate surface area is 389 Å². The van der Waals surface area contributed by atoms with Crippen molar-refractivity contribution in [1.82, 2.24) is 35.6 Å². The lowest BCUT2D eigenvalue weighted by atomic mass is 9.94. The predicted octanol–water partition coefficient (Wildman–Crippen LogP) is 3.42. The Balaban J connectivity index is 0.917. The number of aliphatic hydroxyl groups is 1. The summed E-state index contributed by atoms with van der Waals surface area (Å²) < 4.78 is 11.1. The molecule has 66 heavy (non-hydrogen) atoms. The molecule has 1 atom stereocenters. The van der Waals surface area contributed by atoms with E-state index >= 15 is 0 Å². The number of aromatic amines is 1. The smallest absolute Gasteiger partial charge is 0.253 e. The van der Waals surface area contributed by atoms with Crippen LogP contribution in [-0.2, 0) is 36.9 Å². The average Bonchev–Trinajstić information content (AvgIpc) is 3.75. The van der Waals surface area contributed by atoms with Crippen LogP contribution in [0, 0.1) is 20.8 Å². The van der Waals surface area contributed by atoms with Gasteiger partial charge in [-0.15, -0.1) is 0 Å². The number of carbonyl (C=O) groups excluding carboxylic acids is 4. The standard InChI is InChI=1S/C50H72N8O8/c1-5-58(41-15-24-65-25-16-41)45-28-40(27-43(37(45)4)49(63)53-29-44-35(2)26-36(3)54-50(44)64)39-12-10-38(11-13-39)31-55-19-21-56(22-20-55)33-46(60)51-17-8-6-7-9-23-66-34-47(61)52-30-48(62)57-18-14-42(59)32-57/h10-13,26-28,41-42,59H,5-9,14-25,29-34H2,1-4H3,(H,51,60)(H,52,61)(H,53,63)(H,54,64). The van der Waals surface area contributed by atoms with Gasteiger partial charge in [-0.1, -0.05) is 37.1 Å². The number of anilines is 1. The second-order valence-corrected chi connectivity index (χ2v) is 18.0. The molecule has 4 heterocycles. The molecule has 1 unspecified atom stereocenters. The lowest BCUT2D eigenvalue weighted by Crippen LogP contribution is -2.49. The van der Waals surface area contributed by atoms with Gasteiger partial charge in [0.05, 0.1) is 19.2 Å². The van der Waals surface area contributed by atoms with Crippen LogP contribution in [-0.4, -0.2) is 152 Å². The first-order chi connectivity index (χ1) is 31.9. The van der Waals surface area contributed by atoms with Crippen LogP contribution in [0.2, 0.25) is 0 Å². The number of amides is 4. The van der Waals surface area contributed by atoms with Crippen molar-refractivity contribution in [3.63, 3.8) is 0 Å². The predicted molar refractivity (Wildman–Crippen MR) is 255 cm³/mol. The number of carbonyl (C=O) groups is 4. The Bertz CT molecular complexity index is 2150. The van der Waals surface area contributed by atoms with Crippen molar-refractivity contribution in [3.8, 4) is 11.1 Å². The van der Waals surface area contributed by atoms with Gasteiger partial charge in [0.25, 0.3) is 11.5 Å². The fourth-order valence-electron chi connectivity index (χ4n) is 9.19. The van der Waals surface area contributed by atoms with Gasteiger partial charge in [0.2, 0.25) is 17.7 Å². The summed E-state index contributed by atoms with van der Waals surface area (Å²) in [5.74, 6) is -0.701. The maximum Gasteiger partial charge on any atom is 0.253 e. The topological polar surface area (TPSA) is 189 Å². The normalized spacial score (nSPS) is 17.2. The van der Waals surface area contributed by atoms with Gasteiger partial charge >= 0.3 is 0 Å². The molecule has 0 saturated carbocycles. The zero-order valence-electron chi connectivity index (χ0n) is 39.6. The number of ether oxygens (including phenoxy) is 2. The fraction of sp³-hybridized carbons (Fsp3) is 0.580. The Hall–Kier alpha value is -5.13. The van der Waals surface area contributed by atoms with Crippen molar-refractivity contribution in [2.24, 2.45) is 0 Å². The number of rotatable bonds is 22. The van der Waals surface area contributed by atoms with Crippen molar-refractivity contribution < 1.29 is 33.8 Å². The largest absolute Gasteiger partial charge is 0.391 e. The van der Waals surface area contributed by atoms with E-state index in [0.29, 0.717) is 56.4 Å². The monoisotopic (exact) mass is 913 g/mol. The molecule has 0 spiro atoms. The van der Waals surface area contributed by atoms with Gasteiger partial charge in [0.1, 0.15) is 6.61 Å². The second-order valence-electron chi connectivity index (χ2n) is 18.0. The third-order valence-corrected chi connectivity index (χ3v) is 13.1. The molecule has 3 aromatic rings. The molecular formula is C50H72N8O8. The number of β-amino-alcohol motifs (C(OH)–C–C–N with tert-alkyl or cyclic N) is 1. The highest BCUT2D eigenvalue weighted by molar-refractivity contribution is 5.99. The number of aromatic nitrogens is 1. The Morgan fingerprint density at radius 3 is 2.27 bits per heavy atom. The van der Waals surface area contributed by atoms with Crippen molar-refractivity contribution in [2.75, 3.05) is 96.8 Å². The molecule has 16 heteroatoms. The first kappa shape index (κ1) is 50.3. The Morgan fingerprint density at radius 1 is 0.848 bits per heavy atom. The highest BCUT2D eigenvalue weighted by atomic mass is 16.5. The van der Waals surface area contributed by atoms with Gasteiger partial charge in [-0.3, -0.25) is 33.8 Å². The van der Waals surface area contributed by atoms with Gasteiger partial charge < -0.3 is 45.3 Å². The van der Waals surface area contributed by atoms with E-state index in [2.05, 4.69) is 72.9 Å². The number of aliphatic hydroxyl groups excluding tert-OH is 1. The van der Waals surface area contributed by atoms with E-state index in [1.165, 1.54) is 5.56 Å². The van der Waals surface area contributed by atoms with Gasteiger partial charge in [-0.2, -0.15) is 0 Å². The maximum absolute atomic E-state index is 14.0. The minimum Gasteiger partial charge on any atom is -0.391 e. The summed E-state index contributed by atoms with van der Waals surface area (Å²) in [6, 6.07) is 15.0. The molecule has 0 bridgehead atoms. The van der Waals surface area contributed by atoms with Crippen LogP contribution >= 0.6 is 0 Å². The van der Waals surface area contributed by atoms with Gasteiger partial charge in [0.15, 0.2) is 0 Å². The van der Waals surface area contributed by atoms with Crippen LogP contribution in [0.15, 0.2) is 47.3 Å². The van der Waals surface area contributed by atoms with Crippen molar-refractivity contribution in [3.05, 3.63) is 86.3 Å². The lowest BCUT2D eigenvalue weighted by molar-refractivity contribution is -0.133. The van der Waals surface area contributed by atoms with E-state index in [9.17, 15) is 29.1 Å². The van der Waals surface area contributed by atoms with Crippen molar-refractivity contribution in [1.29, 1.82) is 0 Å². The van der Waals surface area contributed by atoms with E-state index in [-0.39, 0.29) is 48.9 Å². The quantitative estimate of drug-likeness (QED) is 0.0930. The number of H-pyrrole nitrogens is 1. The van der Waals surface area contributed by atoms with Gasteiger partial charge in [0, 0.05) is 114 Å². The summed E-state index contributed by atoms with van der Waals surface area (Å²) in [5.41, 5.74) is 7.74. The van der Waals surface area contributed by atoms with Gasteiger partial charge in [-0.05, 0) is 106 Å². The minimum absolute atomic E-state index is 0.0408. The molecule has 1 aromatic heterocycles. The summed E-state index contributed by atoms with van der Waals surface area (Å²) in [5, 5.41) is 18.2. The van der Waals surface area contributed by atoms with Crippen LogP contribution in [0.5, 0.6) is 0 Å². The maximum atomic E-state index is 14.0. The molecule has 5 N–H and O–H groups in total. The first-order valence-electron chi connectivity index (χ1n) is 24.0. The Morgan fingerprint density at radius 2 is 1.58 bits per heavy atom. The van der Waals surface area contributed by atoms with Crippen LogP contribution in [0.1, 0.15) is 90.2 Å². The summed E-state index contributed by atoms with van der Waals surface area (Å²) in [4.78, 5) is 74.9. The number of piperazine rings is 1. The van der Waals surface area contributed by atoms with Crippen molar-refractivity contribution in [2.45, 2.75) is 97.9 Å². The number of unbranched alkanes of at least 4 members (excludes halogenated alkanes) is 3. The van der Waals surface area contributed by atoms with Crippen molar-refractivity contribution >= 4 is 29.3 Å². The third-order valence-electron chi connectivity index (χ3n) is 13.1. The highest BCUT2D eigenvalue weighted by Gasteiger charge is 2.27. The van der Waals surface area contributed by atoms with Gasteiger partial charge in [-0.25, -0.2) is 0 Å². The SMILES string of the molecule is CCN(c1cc(-c2ccc(CN3CCN(CC(=O)NCCCCCCOCC(=O)NCC(=O)N4CCC(O)C4)CC3)cc2)cc(C(=O)NCc2c(C)cc(C)[nH]c2=O)c1C)C1CCOCC1. The summed E-state index contributed by atoms with van der Waals surface area (Å²) in [7, 11) is 0. The molecule has 3 fully saturated rings. The minimum atomic E-state index is -0.484. The summed E-state index contributed by atoms with van der Waals surface area (Å²) in [6.07, 6.45) is 5.50. The molecular weight excluding hydrogens is 841 g/mol. The molecule has 3 saturated heterocycles. The summed E-state index contributed by atoms with van der Waals surface area (Å²) >= 11 is 0.